The lowest BCUT2D eigenvalue weighted by Crippen LogP contribution is -2.32. The number of rotatable bonds is 21. The van der Waals surface area contributed by atoms with E-state index in [1.54, 1.807) is 56.4 Å². The van der Waals surface area contributed by atoms with Gasteiger partial charge in [0.1, 0.15) is 34.5 Å². The minimum atomic E-state index is -0.570. The van der Waals surface area contributed by atoms with Crippen molar-refractivity contribution in [2.45, 2.75) is 32.7 Å². The van der Waals surface area contributed by atoms with E-state index in [2.05, 4.69) is 5.43 Å². The molecule has 0 aliphatic rings. The van der Waals surface area contributed by atoms with Crippen LogP contribution in [0.15, 0.2) is 115 Å². The number of hydrazine groups is 1. The summed E-state index contributed by atoms with van der Waals surface area (Å²) in [4.78, 5) is 30.2. The minimum Gasteiger partial charge on any atom is -0.497 e. The van der Waals surface area contributed by atoms with Gasteiger partial charge in [-0.05, 0) is 88.5 Å². The molecule has 0 aromatic heterocycles. The molecule has 5 aromatic carbocycles. The lowest BCUT2D eigenvalue weighted by Gasteiger charge is -2.23. The number of carbonyl (C=O) groups is 2. The number of hydrogen-bond donors (Lipinski definition) is 1. The maximum Gasteiger partial charge on any atom is 0.413 e. The third-order valence-corrected chi connectivity index (χ3v) is 9.00. The van der Waals surface area contributed by atoms with Crippen LogP contribution in [0.4, 0.5) is 9.59 Å². The summed E-state index contributed by atoms with van der Waals surface area (Å²) in [5, 5.41) is 1.82. The molecule has 59 heavy (non-hydrogen) atoms. The summed E-state index contributed by atoms with van der Waals surface area (Å²) in [6, 6.07) is 35.2. The average molecular weight is 809 g/mol. The zero-order valence-electron chi connectivity index (χ0n) is 34.3. The summed E-state index contributed by atoms with van der Waals surface area (Å²) in [6.45, 7) is 0.846. The molecular formula is C45H52N4O10. The molecule has 0 saturated carbocycles. The fraction of sp³-hybridized carbons (Fsp3) is 0.289. The van der Waals surface area contributed by atoms with E-state index in [9.17, 15) is 9.59 Å². The van der Waals surface area contributed by atoms with E-state index in [4.69, 9.17) is 37.9 Å². The van der Waals surface area contributed by atoms with Gasteiger partial charge in [0.2, 0.25) is 13.6 Å². The molecule has 312 valence electrons. The second-order valence-electron chi connectivity index (χ2n) is 13.5. The number of ether oxygens (including phenoxy) is 8. The third-order valence-electron chi connectivity index (χ3n) is 9.00. The Morgan fingerprint density at radius 3 is 1.02 bits per heavy atom. The molecule has 0 atom stereocenters. The zero-order chi connectivity index (χ0) is 42.0. The lowest BCUT2D eigenvalue weighted by atomic mass is 10.1. The molecule has 0 saturated heterocycles. The first-order valence-electron chi connectivity index (χ1n) is 18.8. The summed E-state index contributed by atoms with van der Waals surface area (Å²) >= 11 is 0. The van der Waals surface area contributed by atoms with Crippen molar-refractivity contribution in [1.29, 1.82) is 0 Å². The van der Waals surface area contributed by atoms with E-state index in [0.29, 0.717) is 41.0 Å². The molecule has 0 aliphatic heterocycles. The number of benzene rings is 5. The summed E-state index contributed by atoms with van der Waals surface area (Å²) in [7, 11) is 10.2. The highest BCUT2D eigenvalue weighted by Gasteiger charge is 2.19. The van der Waals surface area contributed by atoms with E-state index < -0.39 is 12.2 Å². The van der Waals surface area contributed by atoms with Crippen molar-refractivity contribution in [2.24, 2.45) is 0 Å². The van der Waals surface area contributed by atoms with Crippen LogP contribution in [0.2, 0.25) is 0 Å². The standard InChI is InChI=1S/C45H52N4O10/c1-47(2)46-26-37-23-42(56-31-58-44(50)48(27-33-7-15-38(52-3)16-8-33)28-34-9-17-39(53-4)18-10-34)25-43(24-37)57-32-59-45(51)49(29-35-11-19-40(54-5)20-12-35)30-36-13-21-41(55-6)22-14-36/h7-25,46H,26-32H2,1-6H3. The van der Waals surface area contributed by atoms with Crippen LogP contribution in [0.1, 0.15) is 27.8 Å². The molecule has 0 unspecified atom stereocenters. The normalized spacial score (nSPS) is 10.7. The first-order chi connectivity index (χ1) is 28.6. The predicted octanol–water partition coefficient (Wildman–Crippen LogP) is 7.64. The van der Waals surface area contributed by atoms with Crippen molar-refractivity contribution < 1.29 is 47.5 Å². The van der Waals surface area contributed by atoms with Crippen LogP contribution >= 0.6 is 0 Å². The van der Waals surface area contributed by atoms with Gasteiger partial charge in [-0.1, -0.05) is 48.5 Å². The van der Waals surface area contributed by atoms with E-state index in [-0.39, 0.29) is 39.8 Å². The van der Waals surface area contributed by atoms with E-state index in [0.717, 1.165) is 27.8 Å². The summed E-state index contributed by atoms with van der Waals surface area (Å²) in [6.07, 6.45) is -1.14. The highest BCUT2D eigenvalue weighted by atomic mass is 16.7. The Labute approximate surface area is 345 Å². The van der Waals surface area contributed by atoms with Gasteiger partial charge in [0.25, 0.3) is 0 Å². The Morgan fingerprint density at radius 1 is 0.441 bits per heavy atom. The predicted molar refractivity (Wildman–Crippen MR) is 221 cm³/mol. The zero-order valence-corrected chi connectivity index (χ0v) is 34.3. The average Bonchev–Trinajstić information content (AvgIpc) is 3.26. The highest BCUT2D eigenvalue weighted by molar-refractivity contribution is 5.68. The molecule has 0 radical (unpaired) electrons. The largest absolute Gasteiger partial charge is 0.497 e. The molecule has 0 heterocycles. The van der Waals surface area contributed by atoms with Gasteiger partial charge in [0, 0.05) is 52.9 Å². The van der Waals surface area contributed by atoms with Crippen LogP contribution in [0.25, 0.3) is 0 Å². The van der Waals surface area contributed by atoms with E-state index in [1.807, 2.05) is 116 Å². The third kappa shape index (κ3) is 14.1. The summed E-state index contributed by atoms with van der Waals surface area (Å²) < 4.78 is 44.4. The van der Waals surface area contributed by atoms with E-state index in [1.165, 1.54) is 0 Å². The topological polar surface area (TPSA) is 130 Å². The summed E-state index contributed by atoms with van der Waals surface area (Å²) in [5.41, 5.74) is 7.61. The van der Waals surface area contributed by atoms with Crippen molar-refractivity contribution in [3.05, 3.63) is 143 Å². The first kappa shape index (κ1) is 43.5. The van der Waals surface area contributed by atoms with Crippen molar-refractivity contribution in [3.8, 4) is 34.5 Å². The van der Waals surface area contributed by atoms with Gasteiger partial charge in [-0.3, -0.25) is 20.2 Å². The Morgan fingerprint density at radius 2 is 0.746 bits per heavy atom. The second-order valence-corrected chi connectivity index (χ2v) is 13.5. The SMILES string of the molecule is COc1ccc(CN(Cc2ccc(OC)cc2)C(=O)OCOc2cc(CNN(C)C)cc(OCOC(=O)N(Cc3ccc(OC)cc3)Cc3ccc(OC)cc3)c2)cc1. The Bertz CT molecular complexity index is 1810. The Kier molecular flexibility index (Phi) is 16.5. The van der Waals surface area contributed by atoms with Gasteiger partial charge in [-0.15, -0.1) is 0 Å². The van der Waals surface area contributed by atoms with Crippen molar-refractivity contribution in [1.82, 2.24) is 20.2 Å². The fourth-order valence-corrected chi connectivity index (χ4v) is 5.80. The molecule has 14 nitrogen and oxygen atoms in total. The van der Waals surface area contributed by atoms with Crippen molar-refractivity contribution in [3.63, 3.8) is 0 Å². The number of carbonyl (C=O) groups excluding carboxylic acids is 2. The molecule has 5 aromatic rings. The van der Waals surface area contributed by atoms with Crippen LogP contribution in [-0.4, -0.2) is 83.1 Å². The van der Waals surface area contributed by atoms with Crippen LogP contribution in [-0.2, 0) is 42.2 Å². The Balaban J connectivity index is 1.24. The van der Waals surface area contributed by atoms with Crippen LogP contribution in [0, 0.1) is 0 Å². The molecule has 0 fully saturated rings. The lowest BCUT2D eigenvalue weighted by molar-refractivity contribution is 0.0291. The number of amides is 2. The minimum absolute atomic E-state index is 0.287. The molecule has 1 N–H and O–H groups in total. The van der Waals surface area contributed by atoms with Crippen molar-refractivity contribution >= 4 is 12.2 Å². The fourth-order valence-electron chi connectivity index (χ4n) is 5.80. The van der Waals surface area contributed by atoms with Crippen LogP contribution in [0.3, 0.4) is 0 Å². The van der Waals surface area contributed by atoms with Gasteiger partial charge < -0.3 is 37.9 Å². The number of hydrogen-bond acceptors (Lipinski definition) is 12. The van der Waals surface area contributed by atoms with Gasteiger partial charge in [0.05, 0.1) is 28.4 Å². The number of methoxy groups -OCH3 is 4. The highest BCUT2D eigenvalue weighted by Crippen LogP contribution is 2.25. The van der Waals surface area contributed by atoms with Gasteiger partial charge in [-0.25, -0.2) is 9.59 Å². The molecule has 0 aliphatic carbocycles. The quantitative estimate of drug-likeness (QED) is 0.0578. The molecule has 5 rings (SSSR count). The van der Waals surface area contributed by atoms with Gasteiger partial charge in [-0.2, -0.15) is 0 Å². The summed E-state index contributed by atoms with van der Waals surface area (Å²) in [5.74, 6) is 3.63. The molecule has 0 spiro atoms. The molecule has 14 heteroatoms. The number of nitrogens with one attached hydrogen (secondary N) is 1. The molecule has 2 amide bonds. The smallest absolute Gasteiger partial charge is 0.413 e. The van der Waals surface area contributed by atoms with Crippen molar-refractivity contribution in [2.75, 3.05) is 56.1 Å². The second kappa shape index (κ2) is 22.3. The van der Waals surface area contributed by atoms with Crippen LogP contribution < -0.4 is 33.8 Å². The monoisotopic (exact) mass is 808 g/mol. The maximum atomic E-state index is 13.5. The van der Waals surface area contributed by atoms with Gasteiger partial charge in [0.15, 0.2) is 0 Å². The molecular weight excluding hydrogens is 757 g/mol. The van der Waals surface area contributed by atoms with Crippen LogP contribution in [0.5, 0.6) is 34.5 Å². The van der Waals surface area contributed by atoms with Gasteiger partial charge >= 0.3 is 12.2 Å². The number of nitrogens with zero attached hydrogens (tertiary/aromatic N) is 3. The maximum absolute atomic E-state index is 13.5. The van der Waals surface area contributed by atoms with E-state index >= 15 is 0 Å². The Hall–Kier alpha value is -6.64. The molecule has 0 bridgehead atoms. The first-order valence-corrected chi connectivity index (χ1v) is 18.8.